The summed E-state index contributed by atoms with van der Waals surface area (Å²) in [7, 11) is 0. The molecule has 0 bridgehead atoms. The average Bonchev–Trinajstić information content (AvgIpc) is 2.68. The molecule has 0 atom stereocenters. The van der Waals surface area contributed by atoms with Crippen LogP contribution in [0.5, 0.6) is 0 Å². The number of carbonyl (C=O) groups excluding carboxylic acids is 2. The summed E-state index contributed by atoms with van der Waals surface area (Å²) in [5.41, 5.74) is 2.29. The zero-order valence-corrected chi connectivity index (χ0v) is 14.8. The van der Waals surface area contributed by atoms with Crippen LogP contribution in [0.25, 0.3) is 0 Å². The highest BCUT2D eigenvalue weighted by Gasteiger charge is 2.14. The zero-order chi connectivity index (χ0) is 19.9. The van der Waals surface area contributed by atoms with E-state index in [4.69, 9.17) is 4.74 Å². The molecule has 0 aliphatic carbocycles. The number of hydrogen-bond acceptors (Lipinski definition) is 3. The second kappa shape index (κ2) is 8.90. The maximum atomic E-state index is 13.2. The summed E-state index contributed by atoms with van der Waals surface area (Å²) >= 11 is 0. The van der Waals surface area contributed by atoms with E-state index in [0.29, 0.717) is 18.2 Å². The lowest BCUT2D eigenvalue weighted by Crippen LogP contribution is -2.21. The van der Waals surface area contributed by atoms with Crippen LogP contribution in [0.4, 0.5) is 14.5 Å². The van der Waals surface area contributed by atoms with Gasteiger partial charge in [0.1, 0.15) is 11.6 Å². The van der Waals surface area contributed by atoms with Crippen molar-refractivity contribution >= 4 is 17.6 Å². The van der Waals surface area contributed by atoms with E-state index in [1.54, 1.807) is 12.1 Å². The van der Waals surface area contributed by atoms with Crippen molar-refractivity contribution in [2.45, 2.75) is 6.42 Å². The van der Waals surface area contributed by atoms with Crippen molar-refractivity contribution in [3.8, 4) is 0 Å². The van der Waals surface area contributed by atoms with Gasteiger partial charge >= 0.3 is 5.97 Å². The zero-order valence-electron chi connectivity index (χ0n) is 14.8. The molecule has 1 amide bonds. The molecular formula is C22H17F2NO3. The van der Waals surface area contributed by atoms with Crippen molar-refractivity contribution in [3.05, 3.63) is 101 Å². The Hall–Kier alpha value is -3.54. The molecular weight excluding hydrogens is 364 g/mol. The van der Waals surface area contributed by atoms with E-state index in [1.807, 2.05) is 42.5 Å². The maximum absolute atomic E-state index is 13.2. The van der Waals surface area contributed by atoms with Crippen LogP contribution in [0.3, 0.4) is 0 Å². The molecule has 0 radical (unpaired) electrons. The summed E-state index contributed by atoms with van der Waals surface area (Å²) in [4.78, 5) is 24.0. The van der Waals surface area contributed by atoms with Crippen molar-refractivity contribution in [3.63, 3.8) is 0 Å². The normalized spacial score (nSPS) is 10.4. The van der Waals surface area contributed by atoms with E-state index in [9.17, 15) is 18.4 Å². The third kappa shape index (κ3) is 5.23. The SMILES string of the molecule is O=C(COC(=O)c1cc(F)cc(F)c1)Nc1ccccc1Cc1ccccc1. The second-order valence-electron chi connectivity index (χ2n) is 6.10. The van der Waals surface area contributed by atoms with Crippen molar-refractivity contribution in [1.29, 1.82) is 0 Å². The van der Waals surface area contributed by atoms with Crippen LogP contribution in [0.2, 0.25) is 0 Å². The molecule has 1 N–H and O–H groups in total. The predicted molar refractivity (Wildman–Crippen MR) is 101 cm³/mol. The van der Waals surface area contributed by atoms with Gasteiger partial charge in [0.05, 0.1) is 5.56 Å². The quantitative estimate of drug-likeness (QED) is 0.646. The Balaban J connectivity index is 1.61. The molecule has 3 aromatic carbocycles. The van der Waals surface area contributed by atoms with Gasteiger partial charge in [0, 0.05) is 11.8 Å². The Morgan fingerprint density at radius 2 is 1.50 bits per heavy atom. The molecule has 28 heavy (non-hydrogen) atoms. The fraction of sp³-hybridized carbons (Fsp3) is 0.0909. The van der Waals surface area contributed by atoms with Crippen molar-refractivity contribution in [2.75, 3.05) is 11.9 Å². The van der Waals surface area contributed by atoms with Crippen LogP contribution in [-0.2, 0) is 16.0 Å². The van der Waals surface area contributed by atoms with Crippen molar-refractivity contribution in [2.24, 2.45) is 0 Å². The number of amides is 1. The van der Waals surface area contributed by atoms with Gasteiger partial charge in [-0.3, -0.25) is 4.79 Å². The highest BCUT2D eigenvalue weighted by Crippen LogP contribution is 2.19. The van der Waals surface area contributed by atoms with Gasteiger partial charge in [-0.15, -0.1) is 0 Å². The van der Waals surface area contributed by atoms with E-state index >= 15 is 0 Å². The van der Waals surface area contributed by atoms with Crippen molar-refractivity contribution < 1.29 is 23.1 Å². The molecule has 0 aromatic heterocycles. The van der Waals surface area contributed by atoms with Gasteiger partial charge in [0.15, 0.2) is 6.61 Å². The summed E-state index contributed by atoms with van der Waals surface area (Å²) in [6, 6.07) is 19.4. The lowest BCUT2D eigenvalue weighted by molar-refractivity contribution is -0.119. The topological polar surface area (TPSA) is 55.4 Å². The van der Waals surface area contributed by atoms with Crippen LogP contribution in [0.1, 0.15) is 21.5 Å². The molecule has 0 saturated carbocycles. The Labute approximate surface area is 160 Å². The molecule has 142 valence electrons. The number of esters is 1. The average molecular weight is 381 g/mol. The van der Waals surface area contributed by atoms with Gasteiger partial charge in [-0.05, 0) is 35.7 Å². The summed E-state index contributed by atoms with van der Waals surface area (Å²) < 4.78 is 31.2. The highest BCUT2D eigenvalue weighted by atomic mass is 19.1. The molecule has 4 nitrogen and oxygen atoms in total. The Morgan fingerprint density at radius 3 is 2.21 bits per heavy atom. The van der Waals surface area contributed by atoms with Crippen LogP contribution >= 0.6 is 0 Å². The number of nitrogens with one attached hydrogen (secondary N) is 1. The fourth-order valence-corrected chi connectivity index (χ4v) is 2.68. The van der Waals surface area contributed by atoms with Crippen LogP contribution < -0.4 is 5.32 Å². The van der Waals surface area contributed by atoms with Gasteiger partial charge < -0.3 is 10.1 Å². The van der Waals surface area contributed by atoms with E-state index < -0.39 is 30.1 Å². The first kappa shape index (κ1) is 19.2. The minimum absolute atomic E-state index is 0.297. The van der Waals surface area contributed by atoms with Gasteiger partial charge in [0.25, 0.3) is 5.91 Å². The third-order valence-electron chi connectivity index (χ3n) is 3.96. The third-order valence-corrected chi connectivity index (χ3v) is 3.96. The minimum atomic E-state index is -0.980. The molecule has 0 aliphatic rings. The monoisotopic (exact) mass is 381 g/mol. The van der Waals surface area contributed by atoms with Gasteiger partial charge in [-0.2, -0.15) is 0 Å². The fourth-order valence-electron chi connectivity index (χ4n) is 2.68. The Kier molecular flexibility index (Phi) is 6.11. The van der Waals surface area contributed by atoms with Gasteiger partial charge in [0.2, 0.25) is 0 Å². The number of hydrogen-bond donors (Lipinski definition) is 1. The van der Waals surface area contributed by atoms with E-state index in [0.717, 1.165) is 23.3 Å². The number of anilines is 1. The molecule has 0 saturated heterocycles. The first-order chi connectivity index (χ1) is 13.5. The second-order valence-corrected chi connectivity index (χ2v) is 6.10. The molecule has 0 unspecified atom stereocenters. The number of rotatable bonds is 6. The summed E-state index contributed by atoms with van der Waals surface area (Å²) in [5.74, 6) is -3.32. The molecule has 6 heteroatoms. The van der Waals surface area contributed by atoms with Crippen LogP contribution in [-0.4, -0.2) is 18.5 Å². The molecule has 0 spiro atoms. The van der Waals surface area contributed by atoms with E-state index in [2.05, 4.69) is 5.32 Å². The van der Waals surface area contributed by atoms with Crippen LogP contribution in [0, 0.1) is 11.6 Å². The number of benzene rings is 3. The maximum Gasteiger partial charge on any atom is 0.338 e. The lowest BCUT2D eigenvalue weighted by atomic mass is 10.0. The summed E-state index contributed by atoms with van der Waals surface area (Å²) in [5, 5.41) is 2.70. The smallest absolute Gasteiger partial charge is 0.338 e. The summed E-state index contributed by atoms with van der Waals surface area (Å²) in [6.45, 7) is -0.573. The lowest BCUT2D eigenvalue weighted by Gasteiger charge is -2.11. The first-order valence-electron chi connectivity index (χ1n) is 8.56. The Bertz CT molecular complexity index is 970. The molecule has 0 heterocycles. The highest BCUT2D eigenvalue weighted by molar-refractivity contribution is 5.96. The largest absolute Gasteiger partial charge is 0.452 e. The molecule has 3 aromatic rings. The van der Waals surface area contributed by atoms with Crippen LogP contribution in [0.15, 0.2) is 72.8 Å². The van der Waals surface area contributed by atoms with Gasteiger partial charge in [-0.25, -0.2) is 13.6 Å². The molecule has 0 fully saturated rings. The Morgan fingerprint density at radius 1 is 0.857 bits per heavy atom. The standard InChI is InChI=1S/C22H17F2NO3/c23-18-11-17(12-19(24)13-18)22(27)28-14-21(26)25-20-9-5-4-8-16(20)10-15-6-2-1-3-7-15/h1-9,11-13H,10,14H2,(H,25,26). The number of carbonyl (C=O) groups is 2. The number of ether oxygens (including phenoxy) is 1. The summed E-state index contributed by atoms with van der Waals surface area (Å²) in [6.07, 6.45) is 0.625. The first-order valence-corrected chi connectivity index (χ1v) is 8.56. The van der Waals surface area contributed by atoms with Crippen molar-refractivity contribution in [1.82, 2.24) is 0 Å². The van der Waals surface area contributed by atoms with E-state index in [1.165, 1.54) is 0 Å². The van der Waals surface area contributed by atoms with Gasteiger partial charge in [-0.1, -0.05) is 48.5 Å². The van der Waals surface area contributed by atoms with E-state index in [-0.39, 0.29) is 5.56 Å². The number of halogens is 2. The predicted octanol–water partition coefficient (Wildman–Crippen LogP) is 4.35. The minimum Gasteiger partial charge on any atom is -0.452 e. The number of para-hydroxylation sites is 1. The molecule has 0 aliphatic heterocycles. The molecule has 3 rings (SSSR count).